The van der Waals surface area contributed by atoms with Gasteiger partial charge in [0.1, 0.15) is 5.60 Å². The minimum Gasteiger partial charge on any atom is -0.444 e. The molecule has 1 aliphatic rings. The van der Waals surface area contributed by atoms with Gasteiger partial charge in [-0.05, 0) is 53.0 Å². The number of ether oxygens (including phenoxy) is 1. The second kappa shape index (κ2) is 7.84. The molecule has 2 N–H and O–H groups in total. The molecule has 1 heterocycles. The quantitative estimate of drug-likeness (QED) is 0.838. The summed E-state index contributed by atoms with van der Waals surface area (Å²) in [5.41, 5.74) is 5.20. The normalized spacial score (nSPS) is 20.8. The fraction of sp³-hybridized carbons (Fsp3) is 0.933. The van der Waals surface area contributed by atoms with Crippen LogP contribution in [0.2, 0.25) is 0 Å². The van der Waals surface area contributed by atoms with Gasteiger partial charge < -0.3 is 20.3 Å². The van der Waals surface area contributed by atoms with E-state index in [4.69, 9.17) is 10.5 Å². The summed E-state index contributed by atoms with van der Waals surface area (Å²) < 4.78 is 5.46. The van der Waals surface area contributed by atoms with Crippen molar-refractivity contribution >= 4 is 6.09 Å². The number of nitrogens with two attached hydrogens (primary N) is 1. The van der Waals surface area contributed by atoms with Crippen molar-refractivity contribution in [3.63, 3.8) is 0 Å². The van der Waals surface area contributed by atoms with E-state index in [-0.39, 0.29) is 6.09 Å². The summed E-state index contributed by atoms with van der Waals surface area (Å²) in [7, 11) is 0. The molecular formula is C15H31N3O2. The molecule has 118 valence electrons. The zero-order valence-corrected chi connectivity index (χ0v) is 13.5. The first-order chi connectivity index (χ1) is 9.35. The van der Waals surface area contributed by atoms with E-state index in [1.807, 2.05) is 32.6 Å². The van der Waals surface area contributed by atoms with Crippen LogP contribution in [0.3, 0.4) is 0 Å². The largest absolute Gasteiger partial charge is 0.444 e. The lowest BCUT2D eigenvalue weighted by Gasteiger charge is -2.35. The zero-order chi connectivity index (χ0) is 15.2. The molecule has 20 heavy (non-hydrogen) atoms. The SMILES string of the molecule is CCN(C[C@@H]1CCCN(CCN)C1)C(=O)OC(C)(C)C. The van der Waals surface area contributed by atoms with Crippen molar-refractivity contribution in [2.45, 2.75) is 46.1 Å². The van der Waals surface area contributed by atoms with Crippen molar-refractivity contribution in [1.29, 1.82) is 0 Å². The molecule has 0 unspecified atom stereocenters. The third-order valence-corrected chi connectivity index (χ3v) is 3.56. The molecule has 1 saturated heterocycles. The van der Waals surface area contributed by atoms with Gasteiger partial charge in [0.15, 0.2) is 0 Å². The number of nitrogens with zero attached hydrogens (tertiary/aromatic N) is 2. The molecule has 5 nitrogen and oxygen atoms in total. The van der Waals surface area contributed by atoms with Gasteiger partial charge in [0, 0.05) is 32.7 Å². The third-order valence-electron chi connectivity index (χ3n) is 3.56. The number of carbonyl (C=O) groups excluding carboxylic acids is 1. The van der Waals surface area contributed by atoms with Crippen LogP contribution in [0.1, 0.15) is 40.5 Å². The van der Waals surface area contributed by atoms with E-state index in [1.54, 1.807) is 0 Å². The minimum atomic E-state index is -0.428. The van der Waals surface area contributed by atoms with E-state index < -0.39 is 5.60 Å². The summed E-state index contributed by atoms with van der Waals surface area (Å²) in [4.78, 5) is 16.4. The monoisotopic (exact) mass is 285 g/mol. The lowest BCUT2D eigenvalue weighted by atomic mass is 9.97. The van der Waals surface area contributed by atoms with Crippen LogP contribution in [0.15, 0.2) is 0 Å². The van der Waals surface area contributed by atoms with Gasteiger partial charge in [0.25, 0.3) is 0 Å². The number of carbonyl (C=O) groups is 1. The molecular weight excluding hydrogens is 254 g/mol. The maximum atomic E-state index is 12.1. The van der Waals surface area contributed by atoms with Crippen molar-refractivity contribution in [2.24, 2.45) is 11.7 Å². The highest BCUT2D eigenvalue weighted by Gasteiger charge is 2.26. The average Bonchev–Trinajstić information content (AvgIpc) is 2.34. The van der Waals surface area contributed by atoms with Crippen LogP contribution in [0.4, 0.5) is 4.79 Å². The zero-order valence-electron chi connectivity index (χ0n) is 13.5. The lowest BCUT2D eigenvalue weighted by Crippen LogP contribution is -2.45. The van der Waals surface area contributed by atoms with Crippen LogP contribution in [0.25, 0.3) is 0 Å². The lowest BCUT2D eigenvalue weighted by molar-refractivity contribution is 0.0200. The van der Waals surface area contributed by atoms with E-state index in [2.05, 4.69) is 4.90 Å². The van der Waals surface area contributed by atoms with E-state index in [1.165, 1.54) is 12.8 Å². The summed E-state index contributed by atoms with van der Waals surface area (Å²) in [6.45, 7) is 13.0. The van der Waals surface area contributed by atoms with Crippen LogP contribution in [0.5, 0.6) is 0 Å². The number of piperidine rings is 1. The van der Waals surface area contributed by atoms with Gasteiger partial charge >= 0.3 is 6.09 Å². The molecule has 1 fully saturated rings. The summed E-state index contributed by atoms with van der Waals surface area (Å²) in [6, 6.07) is 0. The first kappa shape index (κ1) is 17.2. The van der Waals surface area contributed by atoms with E-state index >= 15 is 0 Å². The molecule has 0 aromatic heterocycles. The molecule has 0 radical (unpaired) electrons. The topological polar surface area (TPSA) is 58.8 Å². The highest BCUT2D eigenvalue weighted by atomic mass is 16.6. The highest BCUT2D eigenvalue weighted by Crippen LogP contribution is 2.18. The number of amides is 1. The Balaban J connectivity index is 2.48. The fourth-order valence-electron chi connectivity index (χ4n) is 2.66. The molecule has 0 aromatic carbocycles. The Morgan fingerprint density at radius 1 is 1.45 bits per heavy atom. The van der Waals surface area contributed by atoms with Crippen LogP contribution in [0, 0.1) is 5.92 Å². The molecule has 1 atom stereocenters. The Labute approximate surface area is 123 Å². The number of rotatable bonds is 5. The molecule has 1 aliphatic heterocycles. The molecule has 1 rings (SSSR count). The molecule has 1 amide bonds. The Morgan fingerprint density at radius 3 is 2.70 bits per heavy atom. The van der Waals surface area contributed by atoms with Gasteiger partial charge in [0.05, 0.1) is 0 Å². The van der Waals surface area contributed by atoms with Gasteiger partial charge in [-0.2, -0.15) is 0 Å². The first-order valence-corrected chi connectivity index (χ1v) is 7.76. The first-order valence-electron chi connectivity index (χ1n) is 7.76. The van der Waals surface area contributed by atoms with Crippen molar-refractivity contribution in [3.8, 4) is 0 Å². The Bertz CT molecular complexity index is 300. The summed E-state index contributed by atoms with van der Waals surface area (Å²) in [6.07, 6.45) is 2.17. The van der Waals surface area contributed by atoms with Crippen molar-refractivity contribution in [3.05, 3.63) is 0 Å². The van der Waals surface area contributed by atoms with Gasteiger partial charge in [-0.25, -0.2) is 4.79 Å². The fourth-order valence-corrected chi connectivity index (χ4v) is 2.66. The Morgan fingerprint density at radius 2 is 2.15 bits per heavy atom. The predicted octanol–water partition coefficient (Wildman–Crippen LogP) is 1.91. The predicted molar refractivity (Wildman–Crippen MR) is 81.7 cm³/mol. The molecule has 0 saturated carbocycles. The van der Waals surface area contributed by atoms with Gasteiger partial charge in [0.2, 0.25) is 0 Å². The second-order valence-electron chi connectivity index (χ2n) is 6.62. The van der Waals surface area contributed by atoms with Crippen molar-refractivity contribution in [2.75, 3.05) is 39.3 Å². The van der Waals surface area contributed by atoms with Crippen molar-refractivity contribution < 1.29 is 9.53 Å². The maximum absolute atomic E-state index is 12.1. The van der Waals surface area contributed by atoms with Gasteiger partial charge in [-0.15, -0.1) is 0 Å². The van der Waals surface area contributed by atoms with Crippen LogP contribution in [-0.2, 0) is 4.74 Å². The van der Waals surface area contributed by atoms with E-state index in [0.717, 1.165) is 26.2 Å². The third kappa shape index (κ3) is 6.09. The summed E-state index contributed by atoms with van der Waals surface area (Å²) >= 11 is 0. The van der Waals surface area contributed by atoms with Crippen LogP contribution in [-0.4, -0.2) is 60.8 Å². The second-order valence-corrected chi connectivity index (χ2v) is 6.62. The summed E-state index contributed by atoms with van der Waals surface area (Å²) in [5, 5.41) is 0. The number of hydrogen-bond donors (Lipinski definition) is 1. The van der Waals surface area contributed by atoms with E-state index in [9.17, 15) is 4.79 Å². The van der Waals surface area contributed by atoms with Gasteiger partial charge in [-0.1, -0.05) is 0 Å². The highest BCUT2D eigenvalue weighted by molar-refractivity contribution is 5.68. The van der Waals surface area contributed by atoms with Crippen LogP contribution >= 0.6 is 0 Å². The Kier molecular flexibility index (Phi) is 6.76. The molecule has 0 aliphatic carbocycles. The molecule has 0 bridgehead atoms. The molecule has 0 aromatic rings. The van der Waals surface area contributed by atoms with Crippen molar-refractivity contribution in [1.82, 2.24) is 9.80 Å². The summed E-state index contributed by atoms with van der Waals surface area (Å²) in [5.74, 6) is 0.530. The van der Waals surface area contributed by atoms with E-state index in [0.29, 0.717) is 19.0 Å². The number of hydrogen-bond acceptors (Lipinski definition) is 4. The van der Waals surface area contributed by atoms with Gasteiger partial charge in [-0.3, -0.25) is 0 Å². The maximum Gasteiger partial charge on any atom is 0.410 e. The molecule has 5 heteroatoms. The Hall–Kier alpha value is -0.810. The number of likely N-dealkylation sites (tertiary alicyclic amines) is 1. The minimum absolute atomic E-state index is 0.198. The smallest absolute Gasteiger partial charge is 0.410 e. The molecule has 0 spiro atoms. The average molecular weight is 285 g/mol. The standard InChI is InChI=1S/C15H31N3O2/c1-5-18(14(19)20-15(2,3)4)12-13-7-6-9-17(11-13)10-8-16/h13H,5-12,16H2,1-4H3/t13-/m1/s1. The van der Waals surface area contributed by atoms with Crippen LogP contribution < -0.4 is 5.73 Å².